The SMILES string of the molecule is COC=CC[C@@H]1[C@H](CC=CCCCC(=O)O)[C@@H]2CC[C@H]1O2. The molecule has 21 heavy (non-hydrogen) atoms. The molecule has 0 unspecified atom stereocenters. The quantitative estimate of drug-likeness (QED) is 0.401. The van der Waals surface area contributed by atoms with Gasteiger partial charge in [-0.3, -0.25) is 4.79 Å². The van der Waals surface area contributed by atoms with Crippen LogP contribution < -0.4 is 0 Å². The molecule has 2 heterocycles. The Balaban J connectivity index is 1.76. The highest BCUT2D eigenvalue weighted by atomic mass is 16.5. The van der Waals surface area contributed by atoms with Crippen molar-refractivity contribution in [1.29, 1.82) is 0 Å². The number of carboxylic acid groups (broad SMARTS) is 1. The van der Waals surface area contributed by atoms with Crippen molar-refractivity contribution in [3.05, 3.63) is 24.5 Å². The molecule has 2 bridgehead atoms. The fourth-order valence-corrected chi connectivity index (χ4v) is 3.57. The van der Waals surface area contributed by atoms with Crippen LogP contribution in [-0.2, 0) is 14.3 Å². The van der Waals surface area contributed by atoms with E-state index in [9.17, 15) is 4.79 Å². The molecule has 0 aromatic rings. The number of methoxy groups -OCH3 is 1. The molecule has 0 saturated carbocycles. The van der Waals surface area contributed by atoms with Crippen LogP contribution in [0.1, 0.15) is 44.9 Å². The average molecular weight is 294 g/mol. The summed E-state index contributed by atoms with van der Waals surface area (Å²) in [6, 6.07) is 0. The second kappa shape index (κ2) is 8.23. The third-order valence-corrected chi connectivity index (χ3v) is 4.57. The number of carboxylic acids is 1. The molecule has 0 spiro atoms. The largest absolute Gasteiger partial charge is 0.505 e. The van der Waals surface area contributed by atoms with Gasteiger partial charge in [-0.2, -0.15) is 0 Å². The van der Waals surface area contributed by atoms with Crippen molar-refractivity contribution in [1.82, 2.24) is 0 Å². The van der Waals surface area contributed by atoms with Crippen molar-refractivity contribution in [2.75, 3.05) is 7.11 Å². The third-order valence-electron chi connectivity index (χ3n) is 4.57. The minimum Gasteiger partial charge on any atom is -0.505 e. The van der Waals surface area contributed by atoms with Crippen LogP contribution in [0.5, 0.6) is 0 Å². The number of allylic oxidation sites excluding steroid dienone is 3. The van der Waals surface area contributed by atoms with Gasteiger partial charge in [-0.05, 0) is 56.4 Å². The summed E-state index contributed by atoms with van der Waals surface area (Å²) >= 11 is 0. The summed E-state index contributed by atoms with van der Waals surface area (Å²) < 4.78 is 11.0. The lowest BCUT2D eigenvalue weighted by Gasteiger charge is -2.26. The van der Waals surface area contributed by atoms with Gasteiger partial charge in [0.2, 0.25) is 0 Å². The zero-order chi connectivity index (χ0) is 15.1. The number of carbonyl (C=O) groups is 1. The van der Waals surface area contributed by atoms with Gasteiger partial charge in [0.25, 0.3) is 0 Å². The zero-order valence-electron chi connectivity index (χ0n) is 12.7. The van der Waals surface area contributed by atoms with Crippen LogP contribution in [0.15, 0.2) is 24.5 Å². The summed E-state index contributed by atoms with van der Waals surface area (Å²) in [5, 5.41) is 8.59. The third kappa shape index (κ3) is 4.60. The average Bonchev–Trinajstić information content (AvgIpc) is 3.04. The predicted molar refractivity (Wildman–Crippen MR) is 80.9 cm³/mol. The van der Waals surface area contributed by atoms with Gasteiger partial charge >= 0.3 is 5.97 Å². The van der Waals surface area contributed by atoms with E-state index in [1.54, 1.807) is 13.4 Å². The lowest BCUT2D eigenvalue weighted by Crippen LogP contribution is -2.26. The highest BCUT2D eigenvalue weighted by Crippen LogP contribution is 2.46. The summed E-state index contributed by atoms with van der Waals surface area (Å²) in [5.41, 5.74) is 0. The number of unbranched alkanes of at least 4 members (excludes halogenated alkanes) is 1. The molecular formula is C17H26O4. The monoisotopic (exact) mass is 294 g/mol. The van der Waals surface area contributed by atoms with Gasteiger partial charge in [-0.1, -0.05) is 12.2 Å². The van der Waals surface area contributed by atoms with Crippen LogP contribution >= 0.6 is 0 Å². The Morgan fingerprint density at radius 2 is 1.86 bits per heavy atom. The molecule has 4 heteroatoms. The van der Waals surface area contributed by atoms with Gasteiger partial charge in [-0.25, -0.2) is 0 Å². The number of hydrogen-bond donors (Lipinski definition) is 1. The molecule has 4 atom stereocenters. The van der Waals surface area contributed by atoms with E-state index in [4.69, 9.17) is 14.6 Å². The number of ether oxygens (including phenoxy) is 2. The standard InChI is InChI=1S/C17H26O4/c1-20-12-6-8-14-13(15-10-11-16(14)21-15)7-4-2-3-5-9-17(18)19/h2,4,6,12-16H,3,5,7-11H2,1H3,(H,18,19)/t13-,14+,15-,16+/m0/s1. The molecule has 2 saturated heterocycles. The fourth-order valence-electron chi connectivity index (χ4n) is 3.57. The Kier molecular flexibility index (Phi) is 6.30. The van der Waals surface area contributed by atoms with Gasteiger partial charge in [0.1, 0.15) is 0 Å². The topological polar surface area (TPSA) is 55.8 Å². The molecule has 1 N–H and O–H groups in total. The highest BCUT2D eigenvalue weighted by Gasteiger charge is 2.47. The molecule has 0 aromatic heterocycles. The van der Waals surface area contributed by atoms with E-state index in [1.807, 2.05) is 0 Å². The van der Waals surface area contributed by atoms with Gasteiger partial charge in [0.15, 0.2) is 0 Å². The van der Waals surface area contributed by atoms with Crippen LogP contribution in [0.3, 0.4) is 0 Å². The molecule has 0 aromatic carbocycles. The molecule has 118 valence electrons. The Morgan fingerprint density at radius 3 is 2.48 bits per heavy atom. The van der Waals surface area contributed by atoms with Gasteiger partial charge in [-0.15, -0.1) is 0 Å². The minimum absolute atomic E-state index is 0.256. The van der Waals surface area contributed by atoms with Crippen molar-refractivity contribution >= 4 is 5.97 Å². The first kappa shape index (κ1) is 16.1. The Morgan fingerprint density at radius 1 is 1.19 bits per heavy atom. The lowest BCUT2D eigenvalue weighted by atomic mass is 9.76. The van der Waals surface area contributed by atoms with E-state index >= 15 is 0 Å². The maximum absolute atomic E-state index is 10.4. The van der Waals surface area contributed by atoms with Crippen molar-refractivity contribution in [2.24, 2.45) is 11.8 Å². The van der Waals surface area contributed by atoms with Crippen LogP contribution in [0, 0.1) is 11.8 Å². The molecular weight excluding hydrogens is 268 g/mol. The van der Waals surface area contributed by atoms with Gasteiger partial charge in [0, 0.05) is 6.42 Å². The van der Waals surface area contributed by atoms with E-state index in [0.29, 0.717) is 24.0 Å². The fraction of sp³-hybridized carbons (Fsp3) is 0.706. The molecule has 0 amide bonds. The molecule has 2 fully saturated rings. The maximum Gasteiger partial charge on any atom is 0.303 e. The Hall–Kier alpha value is -1.29. The van der Waals surface area contributed by atoms with Crippen molar-refractivity contribution in [3.8, 4) is 0 Å². The minimum atomic E-state index is -0.713. The van der Waals surface area contributed by atoms with Gasteiger partial charge < -0.3 is 14.6 Å². The summed E-state index contributed by atoms with van der Waals surface area (Å²) in [6.07, 6.45) is 15.3. The zero-order valence-corrected chi connectivity index (χ0v) is 12.7. The lowest BCUT2D eigenvalue weighted by molar-refractivity contribution is -0.137. The summed E-state index contributed by atoms with van der Waals surface area (Å²) in [6.45, 7) is 0. The van der Waals surface area contributed by atoms with E-state index in [-0.39, 0.29) is 6.42 Å². The van der Waals surface area contributed by atoms with Crippen LogP contribution in [0.2, 0.25) is 0 Å². The van der Waals surface area contributed by atoms with E-state index in [0.717, 1.165) is 25.7 Å². The van der Waals surface area contributed by atoms with Crippen molar-refractivity contribution in [3.63, 3.8) is 0 Å². The molecule has 4 nitrogen and oxygen atoms in total. The van der Waals surface area contributed by atoms with E-state index in [2.05, 4.69) is 18.2 Å². The number of fused-ring (bicyclic) bond motifs is 2. The number of rotatable bonds is 9. The van der Waals surface area contributed by atoms with Crippen molar-refractivity contribution < 1.29 is 19.4 Å². The number of aliphatic carboxylic acids is 1. The number of hydrogen-bond acceptors (Lipinski definition) is 3. The van der Waals surface area contributed by atoms with Crippen LogP contribution in [0.4, 0.5) is 0 Å². The second-order valence-electron chi connectivity index (χ2n) is 5.95. The Bertz CT molecular complexity index is 388. The molecule has 0 radical (unpaired) electrons. The molecule has 2 aliphatic heterocycles. The first-order valence-corrected chi connectivity index (χ1v) is 7.92. The first-order chi connectivity index (χ1) is 10.2. The normalized spacial score (nSPS) is 31.5. The van der Waals surface area contributed by atoms with Crippen LogP contribution in [-0.4, -0.2) is 30.4 Å². The first-order valence-electron chi connectivity index (χ1n) is 7.92. The van der Waals surface area contributed by atoms with Crippen LogP contribution in [0.25, 0.3) is 0 Å². The molecule has 2 aliphatic rings. The predicted octanol–water partition coefficient (Wildman–Crippen LogP) is 3.53. The summed E-state index contributed by atoms with van der Waals surface area (Å²) in [7, 11) is 1.67. The van der Waals surface area contributed by atoms with E-state index in [1.165, 1.54) is 12.8 Å². The summed E-state index contributed by atoms with van der Waals surface area (Å²) in [4.78, 5) is 10.4. The summed E-state index contributed by atoms with van der Waals surface area (Å²) in [5.74, 6) is 0.481. The molecule has 2 rings (SSSR count). The molecule has 0 aliphatic carbocycles. The van der Waals surface area contributed by atoms with Crippen molar-refractivity contribution in [2.45, 2.75) is 57.2 Å². The Labute approximate surface area is 126 Å². The maximum atomic E-state index is 10.4. The highest BCUT2D eigenvalue weighted by molar-refractivity contribution is 5.66. The smallest absolute Gasteiger partial charge is 0.303 e. The van der Waals surface area contributed by atoms with E-state index < -0.39 is 5.97 Å². The second-order valence-corrected chi connectivity index (χ2v) is 5.95. The van der Waals surface area contributed by atoms with Gasteiger partial charge in [0.05, 0.1) is 25.6 Å².